The second-order valence-electron chi connectivity index (χ2n) is 7.35. The van der Waals surface area contributed by atoms with E-state index in [2.05, 4.69) is 15.4 Å². The third-order valence-corrected chi connectivity index (χ3v) is 5.52. The molecule has 7 nitrogen and oxygen atoms in total. The zero-order valence-electron chi connectivity index (χ0n) is 15.5. The lowest BCUT2D eigenvalue weighted by molar-refractivity contribution is -0.135. The van der Waals surface area contributed by atoms with Gasteiger partial charge in [0.1, 0.15) is 11.9 Å². The van der Waals surface area contributed by atoms with Crippen LogP contribution < -0.4 is 5.32 Å². The number of aromatic nitrogens is 4. The van der Waals surface area contributed by atoms with Gasteiger partial charge in [-0.25, -0.2) is 9.97 Å². The molecule has 4 rings (SSSR count). The molecule has 7 heteroatoms. The zero-order chi connectivity index (χ0) is 18.1. The van der Waals surface area contributed by atoms with Gasteiger partial charge in [0, 0.05) is 55.6 Å². The van der Waals surface area contributed by atoms with Gasteiger partial charge in [0.15, 0.2) is 0 Å². The van der Waals surface area contributed by atoms with Crippen molar-refractivity contribution in [2.24, 2.45) is 0 Å². The number of nitrogens with zero attached hydrogens (tertiary/aromatic N) is 5. The molecular weight excluding hydrogens is 328 g/mol. The van der Waals surface area contributed by atoms with Gasteiger partial charge in [0.2, 0.25) is 5.91 Å². The van der Waals surface area contributed by atoms with E-state index in [0.29, 0.717) is 19.0 Å². The average molecular weight is 354 g/mol. The van der Waals surface area contributed by atoms with Gasteiger partial charge in [-0.15, -0.1) is 0 Å². The minimum Gasteiger partial charge on any atom is -0.336 e. The highest BCUT2D eigenvalue weighted by molar-refractivity contribution is 5.80. The van der Waals surface area contributed by atoms with Gasteiger partial charge in [-0.2, -0.15) is 5.10 Å². The summed E-state index contributed by atoms with van der Waals surface area (Å²) in [5, 5.41) is 7.70. The number of carbonyl (C=O) groups excluding carboxylic acids is 1. The van der Waals surface area contributed by atoms with Crippen molar-refractivity contribution < 1.29 is 4.79 Å². The fourth-order valence-electron chi connectivity index (χ4n) is 3.94. The monoisotopic (exact) mass is 354 g/mol. The molecule has 0 spiro atoms. The molecule has 0 aliphatic carbocycles. The number of aryl methyl sites for hydroxylation is 1. The molecule has 2 aromatic rings. The van der Waals surface area contributed by atoms with Crippen LogP contribution in [0, 0.1) is 6.92 Å². The topological polar surface area (TPSA) is 75.9 Å². The first-order chi connectivity index (χ1) is 12.6. The summed E-state index contributed by atoms with van der Waals surface area (Å²) in [5.41, 5.74) is 3.17. The second-order valence-corrected chi connectivity index (χ2v) is 7.35. The Balaban J connectivity index is 1.47. The zero-order valence-corrected chi connectivity index (χ0v) is 15.5. The molecule has 2 aliphatic rings. The van der Waals surface area contributed by atoms with Gasteiger partial charge < -0.3 is 10.2 Å². The highest BCUT2D eigenvalue weighted by Crippen LogP contribution is 2.24. The molecule has 138 valence electrons. The fraction of sp³-hybridized carbons (Fsp3) is 0.579. The molecule has 2 aliphatic heterocycles. The first kappa shape index (κ1) is 17.1. The Labute approximate surface area is 153 Å². The summed E-state index contributed by atoms with van der Waals surface area (Å²) in [6.07, 6.45) is 6.78. The Bertz CT molecular complexity index is 795. The third-order valence-electron chi connectivity index (χ3n) is 5.52. The normalized spacial score (nSPS) is 21.3. The summed E-state index contributed by atoms with van der Waals surface area (Å²) < 4.78 is 1.79. The van der Waals surface area contributed by atoms with E-state index in [1.54, 1.807) is 10.9 Å². The summed E-state index contributed by atoms with van der Waals surface area (Å²) in [5.74, 6) is 1.47. The number of rotatable bonds is 3. The van der Waals surface area contributed by atoms with Gasteiger partial charge in [-0.05, 0) is 39.3 Å². The van der Waals surface area contributed by atoms with Gasteiger partial charge in [0.25, 0.3) is 0 Å². The van der Waals surface area contributed by atoms with Crippen LogP contribution in [0.1, 0.15) is 54.5 Å². The molecule has 2 aromatic heterocycles. The maximum Gasteiger partial charge on any atom is 0.247 e. The van der Waals surface area contributed by atoms with Crippen molar-refractivity contribution in [2.45, 2.75) is 51.6 Å². The SMILES string of the molecule is Cc1ccnn1[C@@H](C)C(=O)N1CCc2nc([C@H]3CCCNC3)ncc2C1. The number of hydrogen-bond acceptors (Lipinski definition) is 5. The molecular formula is C19H26N6O. The molecule has 0 saturated carbocycles. The molecule has 1 N–H and O–H groups in total. The minimum absolute atomic E-state index is 0.100. The van der Waals surface area contributed by atoms with E-state index in [1.807, 2.05) is 31.0 Å². The smallest absolute Gasteiger partial charge is 0.247 e. The highest BCUT2D eigenvalue weighted by atomic mass is 16.2. The number of amides is 1. The largest absolute Gasteiger partial charge is 0.336 e. The molecule has 0 radical (unpaired) electrons. The summed E-state index contributed by atoms with van der Waals surface area (Å²) in [7, 11) is 0. The van der Waals surface area contributed by atoms with E-state index in [4.69, 9.17) is 4.98 Å². The Kier molecular flexibility index (Phi) is 4.72. The van der Waals surface area contributed by atoms with E-state index in [9.17, 15) is 4.79 Å². The van der Waals surface area contributed by atoms with Crippen molar-refractivity contribution in [1.82, 2.24) is 30.0 Å². The van der Waals surface area contributed by atoms with Gasteiger partial charge in [-0.1, -0.05) is 0 Å². The first-order valence-corrected chi connectivity index (χ1v) is 9.48. The van der Waals surface area contributed by atoms with Crippen molar-refractivity contribution in [3.05, 3.63) is 41.2 Å². The molecule has 4 heterocycles. The molecule has 1 saturated heterocycles. The van der Waals surface area contributed by atoms with E-state index in [1.165, 1.54) is 6.42 Å². The van der Waals surface area contributed by atoms with Crippen molar-refractivity contribution >= 4 is 5.91 Å². The predicted octanol–water partition coefficient (Wildman–Crippen LogP) is 1.59. The van der Waals surface area contributed by atoms with Crippen LogP contribution in [0.15, 0.2) is 18.5 Å². The Morgan fingerprint density at radius 2 is 2.31 bits per heavy atom. The summed E-state index contributed by atoms with van der Waals surface area (Å²) in [4.78, 5) is 24.2. The average Bonchev–Trinajstić information content (AvgIpc) is 3.12. The lowest BCUT2D eigenvalue weighted by atomic mass is 9.98. The summed E-state index contributed by atoms with van der Waals surface area (Å²) in [6, 6.07) is 1.63. The molecule has 26 heavy (non-hydrogen) atoms. The van der Waals surface area contributed by atoms with Crippen molar-refractivity contribution in [2.75, 3.05) is 19.6 Å². The number of nitrogens with one attached hydrogen (secondary N) is 1. The van der Waals surface area contributed by atoms with Crippen LogP contribution in [-0.4, -0.2) is 50.2 Å². The number of fused-ring (bicyclic) bond motifs is 1. The lowest BCUT2D eigenvalue weighted by Crippen LogP contribution is -2.40. The Morgan fingerprint density at radius 1 is 1.42 bits per heavy atom. The number of hydrogen-bond donors (Lipinski definition) is 1. The number of piperidine rings is 1. The van der Waals surface area contributed by atoms with E-state index < -0.39 is 0 Å². The van der Waals surface area contributed by atoms with Crippen LogP contribution in [-0.2, 0) is 17.8 Å². The van der Waals surface area contributed by atoms with Crippen LogP contribution in [0.4, 0.5) is 0 Å². The van der Waals surface area contributed by atoms with Crippen LogP contribution in [0.5, 0.6) is 0 Å². The molecule has 1 amide bonds. The third kappa shape index (κ3) is 3.23. The Hall–Kier alpha value is -2.28. The predicted molar refractivity (Wildman–Crippen MR) is 97.7 cm³/mol. The molecule has 0 bridgehead atoms. The maximum atomic E-state index is 12.9. The van der Waals surface area contributed by atoms with Gasteiger partial charge in [-0.3, -0.25) is 9.48 Å². The molecule has 0 aromatic carbocycles. The first-order valence-electron chi connectivity index (χ1n) is 9.48. The van der Waals surface area contributed by atoms with Gasteiger partial charge >= 0.3 is 0 Å². The van der Waals surface area contributed by atoms with E-state index in [-0.39, 0.29) is 11.9 Å². The Morgan fingerprint density at radius 3 is 3.04 bits per heavy atom. The standard InChI is InChI=1S/C19H26N6O/c1-13-5-8-22-25(13)14(2)19(26)24-9-6-17-16(12-24)11-21-18(23-17)15-4-3-7-20-10-15/h5,8,11,14-15,20H,3-4,6-7,9-10,12H2,1-2H3/t14-,15-/m0/s1. The second kappa shape index (κ2) is 7.15. The highest BCUT2D eigenvalue weighted by Gasteiger charge is 2.28. The number of carbonyl (C=O) groups is 1. The van der Waals surface area contributed by atoms with Crippen LogP contribution >= 0.6 is 0 Å². The minimum atomic E-state index is -0.292. The molecule has 1 fully saturated rings. The van der Waals surface area contributed by atoms with Crippen LogP contribution in [0.3, 0.4) is 0 Å². The van der Waals surface area contributed by atoms with Crippen LogP contribution in [0.2, 0.25) is 0 Å². The van der Waals surface area contributed by atoms with Gasteiger partial charge in [0.05, 0.1) is 5.69 Å². The summed E-state index contributed by atoms with van der Waals surface area (Å²) in [6.45, 7) is 7.22. The fourth-order valence-corrected chi connectivity index (χ4v) is 3.94. The summed E-state index contributed by atoms with van der Waals surface area (Å²) >= 11 is 0. The van der Waals surface area contributed by atoms with Crippen molar-refractivity contribution in [3.8, 4) is 0 Å². The van der Waals surface area contributed by atoms with Crippen LogP contribution in [0.25, 0.3) is 0 Å². The van der Waals surface area contributed by atoms with Crippen molar-refractivity contribution in [1.29, 1.82) is 0 Å². The lowest BCUT2D eigenvalue weighted by Gasteiger charge is -2.31. The quantitative estimate of drug-likeness (QED) is 0.906. The van der Waals surface area contributed by atoms with E-state index >= 15 is 0 Å². The molecule has 0 unspecified atom stereocenters. The molecule has 2 atom stereocenters. The van der Waals surface area contributed by atoms with Crippen molar-refractivity contribution in [3.63, 3.8) is 0 Å². The van der Waals surface area contributed by atoms with E-state index in [0.717, 1.165) is 48.7 Å². The maximum absolute atomic E-state index is 12.9.